The van der Waals surface area contributed by atoms with Gasteiger partial charge in [-0.1, -0.05) is 12.1 Å². The number of halogens is 3. The lowest BCUT2D eigenvalue weighted by Gasteiger charge is -2.07. The van der Waals surface area contributed by atoms with Gasteiger partial charge in [-0.15, -0.1) is 10.2 Å². The zero-order chi connectivity index (χ0) is 16.8. The van der Waals surface area contributed by atoms with E-state index in [1.807, 2.05) is 0 Å². The van der Waals surface area contributed by atoms with Crippen LogP contribution >= 0.6 is 0 Å². The van der Waals surface area contributed by atoms with Crippen LogP contribution in [0, 0.1) is 0 Å². The van der Waals surface area contributed by atoms with E-state index in [4.69, 9.17) is 0 Å². The van der Waals surface area contributed by atoms with Crippen molar-refractivity contribution in [3.05, 3.63) is 50.7 Å². The standard InChI is InChI=1S/C13H8F3N5O2/c1-21-11(22)8-10(18-12(21)23)20-19-9(17-8)6-2-4-7(5-3-6)13(14,15)16/h2-5H,1H3,(H,18,20,23). The molecule has 0 spiro atoms. The fraction of sp³-hybridized carbons (Fsp3) is 0.154. The van der Waals surface area contributed by atoms with Gasteiger partial charge < -0.3 is 0 Å². The predicted molar refractivity (Wildman–Crippen MR) is 73.6 cm³/mol. The van der Waals surface area contributed by atoms with Gasteiger partial charge in [-0.25, -0.2) is 9.78 Å². The minimum absolute atomic E-state index is 0.0182. The van der Waals surface area contributed by atoms with E-state index in [2.05, 4.69) is 20.2 Å². The van der Waals surface area contributed by atoms with E-state index in [-0.39, 0.29) is 22.6 Å². The van der Waals surface area contributed by atoms with Gasteiger partial charge in [-0.05, 0) is 12.1 Å². The number of rotatable bonds is 1. The van der Waals surface area contributed by atoms with Gasteiger partial charge in [0.1, 0.15) is 0 Å². The molecule has 3 rings (SSSR count). The van der Waals surface area contributed by atoms with Crippen molar-refractivity contribution in [3.63, 3.8) is 0 Å². The van der Waals surface area contributed by atoms with E-state index >= 15 is 0 Å². The largest absolute Gasteiger partial charge is 0.416 e. The lowest BCUT2D eigenvalue weighted by Crippen LogP contribution is -2.33. The Bertz CT molecular complexity index is 1010. The van der Waals surface area contributed by atoms with Gasteiger partial charge in [-0.2, -0.15) is 13.2 Å². The average Bonchev–Trinajstić information content (AvgIpc) is 2.52. The van der Waals surface area contributed by atoms with Gasteiger partial charge in [0, 0.05) is 12.6 Å². The van der Waals surface area contributed by atoms with Crippen LogP contribution in [0.5, 0.6) is 0 Å². The van der Waals surface area contributed by atoms with Gasteiger partial charge in [0.2, 0.25) is 0 Å². The zero-order valence-electron chi connectivity index (χ0n) is 11.5. The highest BCUT2D eigenvalue weighted by Crippen LogP contribution is 2.30. The molecule has 0 aliphatic heterocycles. The number of fused-ring (bicyclic) bond motifs is 1. The Balaban J connectivity index is 2.14. The molecule has 0 aliphatic carbocycles. The summed E-state index contributed by atoms with van der Waals surface area (Å²) in [5.74, 6) is -0.0182. The zero-order valence-corrected chi connectivity index (χ0v) is 11.5. The maximum Gasteiger partial charge on any atom is 0.416 e. The summed E-state index contributed by atoms with van der Waals surface area (Å²) in [7, 11) is 1.26. The summed E-state index contributed by atoms with van der Waals surface area (Å²) < 4.78 is 38.4. The summed E-state index contributed by atoms with van der Waals surface area (Å²) >= 11 is 0. The molecule has 0 unspecified atom stereocenters. The van der Waals surface area contributed by atoms with Gasteiger partial charge in [0.05, 0.1) is 5.56 Å². The Hall–Kier alpha value is -3.04. The maximum atomic E-state index is 12.5. The number of hydrogen-bond donors (Lipinski definition) is 1. The van der Waals surface area contributed by atoms with Crippen molar-refractivity contribution in [3.8, 4) is 11.4 Å². The normalized spacial score (nSPS) is 11.8. The predicted octanol–water partition coefficient (Wildman–Crippen LogP) is 1.10. The Labute approximate surface area is 125 Å². The van der Waals surface area contributed by atoms with E-state index in [0.717, 1.165) is 16.7 Å². The number of aromatic amines is 1. The van der Waals surface area contributed by atoms with E-state index in [9.17, 15) is 22.8 Å². The third-order valence-corrected chi connectivity index (χ3v) is 3.19. The van der Waals surface area contributed by atoms with Crippen molar-refractivity contribution in [1.82, 2.24) is 24.7 Å². The molecule has 118 valence electrons. The molecule has 7 nitrogen and oxygen atoms in total. The summed E-state index contributed by atoms with van der Waals surface area (Å²) in [5.41, 5.74) is -2.10. The third-order valence-electron chi connectivity index (χ3n) is 3.19. The molecule has 0 aliphatic rings. The molecule has 3 aromatic rings. The molecule has 2 aromatic heterocycles. The Kier molecular flexibility index (Phi) is 3.24. The number of nitrogens with zero attached hydrogens (tertiary/aromatic N) is 4. The van der Waals surface area contributed by atoms with Crippen LogP contribution in [0.1, 0.15) is 5.56 Å². The molecular formula is C13H8F3N5O2. The second-order valence-corrected chi connectivity index (χ2v) is 4.70. The van der Waals surface area contributed by atoms with E-state index in [1.54, 1.807) is 0 Å². The lowest BCUT2D eigenvalue weighted by molar-refractivity contribution is -0.137. The molecule has 1 aromatic carbocycles. The van der Waals surface area contributed by atoms with Gasteiger partial charge in [-0.3, -0.25) is 14.3 Å². The number of benzene rings is 1. The Morgan fingerprint density at radius 2 is 1.74 bits per heavy atom. The highest BCUT2D eigenvalue weighted by atomic mass is 19.4. The molecule has 0 atom stereocenters. The van der Waals surface area contributed by atoms with Crippen LogP contribution in [0.25, 0.3) is 22.6 Å². The van der Waals surface area contributed by atoms with Crippen molar-refractivity contribution >= 4 is 11.2 Å². The number of alkyl halides is 3. The minimum atomic E-state index is -4.45. The van der Waals surface area contributed by atoms with Gasteiger partial charge in [0.25, 0.3) is 5.56 Å². The van der Waals surface area contributed by atoms with Crippen LogP contribution in [0.3, 0.4) is 0 Å². The Morgan fingerprint density at radius 1 is 1.09 bits per heavy atom. The highest BCUT2D eigenvalue weighted by molar-refractivity contribution is 5.70. The first-order valence-electron chi connectivity index (χ1n) is 6.29. The van der Waals surface area contributed by atoms with Crippen molar-refractivity contribution < 1.29 is 13.2 Å². The number of hydrogen-bond acceptors (Lipinski definition) is 5. The van der Waals surface area contributed by atoms with Crippen LogP contribution in [-0.2, 0) is 13.2 Å². The molecule has 10 heteroatoms. The first kappa shape index (κ1) is 14.9. The van der Waals surface area contributed by atoms with Crippen LogP contribution in [0.2, 0.25) is 0 Å². The molecule has 0 saturated heterocycles. The summed E-state index contributed by atoms with van der Waals surface area (Å²) in [6, 6.07) is 4.13. The molecule has 0 saturated carbocycles. The van der Waals surface area contributed by atoms with Crippen molar-refractivity contribution in [2.75, 3.05) is 0 Å². The topological polar surface area (TPSA) is 93.5 Å². The summed E-state index contributed by atoms with van der Waals surface area (Å²) in [6.07, 6.45) is -4.45. The molecule has 1 N–H and O–H groups in total. The fourth-order valence-corrected chi connectivity index (χ4v) is 1.93. The number of nitrogens with one attached hydrogen (secondary N) is 1. The molecule has 0 bridgehead atoms. The van der Waals surface area contributed by atoms with E-state index in [0.29, 0.717) is 0 Å². The average molecular weight is 323 g/mol. The number of aromatic nitrogens is 5. The monoisotopic (exact) mass is 323 g/mol. The Morgan fingerprint density at radius 3 is 2.35 bits per heavy atom. The second-order valence-electron chi connectivity index (χ2n) is 4.70. The lowest BCUT2D eigenvalue weighted by atomic mass is 10.1. The molecule has 23 heavy (non-hydrogen) atoms. The summed E-state index contributed by atoms with van der Waals surface area (Å²) in [6.45, 7) is 0. The molecule has 0 fully saturated rings. The third kappa shape index (κ3) is 2.58. The van der Waals surface area contributed by atoms with Gasteiger partial charge in [0.15, 0.2) is 17.0 Å². The van der Waals surface area contributed by atoms with E-state index < -0.39 is 23.0 Å². The SMILES string of the molecule is Cn1c(=O)[nH]c2nnc(-c3ccc(C(F)(F)F)cc3)nc2c1=O. The molecule has 0 radical (unpaired) electrons. The fourth-order valence-electron chi connectivity index (χ4n) is 1.93. The summed E-state index contributed by atoms with van der Waals surface area (Å²) in [5, 5.41) is 7.41. The first-order valence-corrected chi connectivity index (χ1v) is 6.29. The minimum Gasteiger partial charge on any atom is -0.288 e. The maximum absolute atomic E-state index is 12.5. The number of H-pyrrole nitrogens is 1. The van der Waals surface area contributed by atoms with Gasteiger partial charge >= 0.3 is 11.9 Å². The highest BCUT2D eigenvalue weighted by Gasteiger charge is 2.30. The molecule has 0 amide bonds. The van der Waals surface area contributed by atoms with Crippen molar-refractivity contribution in [1.29, 1.82) is 0 Å². The van der Waals surface area contributed by atoms with Crippen LogP contribution in [0.15, 0.2) is 33.9 Å². The summed E-state index contributed by atoms with van der Waals surface area (Å²) in [4.78, 5) is 29.7. The second kappa shape index (κ2) is 5.00. The van der Waals surface area contributed by atoms with Crippen LogP contribution < -0.4 is 11.2 Å². The van der Waals surface area contributed by atoms with Crippen molar-refractivity contribution in [2.24, 2.45) is 7.05 Å². The smallest absolute Gasteiger partial charge is 0.288 e. The van der Waals surface area contributed by atoms with Crippen LogP contribution in [-0.4, -0.2) is 24.7 Å². The first-order chi connectivity index (χ1) is 10.8. The van der Waals surface area contributed by atoms with E-state index in [1.165, 1.54) is 19.2 Å². The molecule has 2 heterocycles. The van der Waals surface area contributed by atoms with Crippen LogP contribution in [0.4, 0.5) is 13.2 Å². The van der Waals surface area contributed by atoms with Crippen molar-refractivity contribution in [2.45, 2.75) is 6.18 Å². The quantitative estimate of drug-likeness (QED) is 0.724. The molecular weight excluding hydrogens is 315 g/mol.